The zero-order chi connectivity index (χ0) is 10.7. The number of ether oxygens (including phenoxy) is 1. The summed E-state index contributed by atoms with van der Waals surface area (Å²) in [5.41, 5.74) is 0.454. The van der Waals surface area contributed by atoms with Gasteiger partial charge in [-0.25, -0.2) is 0 Å². The molecule has 0 spiro atoms. The van der Waals surface area contributed by atoms with E-state index >= 15 is 0 Å². The largest absolute Gasteiger partial charge is 0.469 e. The van der Waals surface area contributed by atoms with Crippen molar-refractivity contribution in [3.63, 3.8) is 0 Å². The fourth-order valence-electron chi connectivity index (χ4n) is 0.936. The van der Waals surface area contributed by atoms with Crippen molar-refractivity contribution in [2.24, 2.45) is 0 Å². The fraction of sp³-hybridized carbons (Fsp3) is 0.286. The van der Waals surface area contributed by atoms with Gasteiger partial charge in [-0.1, -0.05) is 5.16 Å². The molecule has 0 amide bonds. The summed E-state index contributed by atoms with van der Waals surface area (Å²) in [7, 11) is 1.29. The summed E-state index contributed by atoms with van der Waals surface area (Å²) < 4.78 is 9.27. The van der Waals surface area contributed by atoms with Gasteiger partial charge in [-0.3, -0.25) is 4.79 Å². The summed E-state index contributed by atoms with van der Waals surface area (Å²) in [5.74, 6) is 0.0212. The molecule has 0 atom stereocenters. The smallest absolute Gasteiger partial charge is 0.315 e. The van der Waals surface area contributed by atoms with E-state index in [4.69, 9.17) is 4.52 Å². The maximum Gasteiger partial charge on any atom is 0.315 e. The average Bonchev–Trinajstić information content (AvgIpc) is 2.85. The van der Waals surface area contributed by atoms with E-state index < -0.39 is 5.97 Å². The molecule has 15 heavy (non-hydrogen) atoms. The quantitative estimate of drug-likeness (QED) is 0.683. The lowest BCUT2D eigenvalue weighted by molar-refractivity contribution is -0.140. The van der Waals surface area contributed by atoms with E-state index in [0.717, 1.165) is 0 Å². The fourth-order valence-corrected chi connectivity index (χ4v) is 0.936. The van der Waals surface area contributed by atoms with Gasteiger partial charge in [-0.2, -0.15) is 20.4 Å². The van der Waals surface area contributed by atoms with Crippen molar-refractivity contribution in [2.75, 3.05) is 7.11 Å². The van der Waals surface area contributed by atoms with E-state index in [0.29, 0.717) is 5.69 Å². The zero-order valence-corrected chi connectivity index (χ0v) is 7.80. The summed E-state index contributed by atoms with van der Waals surface area (Å²) in [6, 6.07) is 0. The van der Waals surface area contributed by atoms with Crippen LogP contribution >= 0.6 is 0 Å². The number of rotatable bonds is 3. The number of H-pyrrole nitrogens is 1. The number of nitrogens with zero attached hydrogens (tertiary/aromatic N) is 4. The summed E-state index contributed by atoms with van der Waals surface area (Å²) in [4.78, 5) is 14.8. The van der Waals surface area contributed by atoms with Gasteiger partial charge in [-0.05, 0) is 0 Å². The highest BCUT2D eigenvalue weighted by atomic mass is 16.5. The second-order valence-corrected chi connectivity index (χ2v) is 2.62. The normalized spacial score (nSPS) is 10.2. The van der Waals surface area contributed by atoms with Gasteiger partial charge in [0.15, 0.2) is 5.69 Å². The molecule has 0 saturated heterocycles. The molecule has 2 rings (SSSR count). The van der Waals surface area contributed by atoms with E-state index in [2.05, 4.69) is 30.3 Å². The Labute approximate surface area is 83.6 Å². The van der Waals surface area contributed by atoms with E-state index in [1.807, 2.05) is 0 Å². The van der Waals surface area contributed by atoms with Crippen LogP contribution in [-0.4, -0.2) is 38.6 Å². The number of hydrogen-bond donors (Lipinski definition) is 1. The third-order valence-corrected chi connectivity index (χ3v) is 1.64. The van der Waals surface area contributed by atoms with Crippen LogP contribution in [0.2, 0.25) is 0 Å². The Bertz CT molecular complexity index is 449. The number of carbonyl (C=O) groups is 1. The number of aromatic nitrogens is 5. The van der Waals surface area contributed by atoms with Gasteiger partial charge < -0.3 is 9.26 Å². The van der Waals surface area contributed by atoms with Gasteiger partial charge in [0.1, 0.15) is 6.42 Å². The maximum atomic E-state index is 10.9. The summed E-state index contributed by atoms with van der Waals surface area (Å²) in [5, 5.41) is 13.4. The Morgan fingerprint density at radius 1 is 1.67 bits per heavy atom. The molecule has 8 heteroatoms. The van der Waals surface area contributed by atoms with Gasteiger partial charge in [0.25, 0.3) is 0 Å². The molecule has 0 aliphatic rings. The molecule has 78 valence electrons. The third-order valence-electron chi connectivity index (χ3n) is 1.64. The lowest BCUT2D eigenvalue weighted by atomic mass is 10.4. The molecule has 0 fully saturated rings. The molecule has 8 nitrogen and oxygen atoms in total. The Morgan fingerprint density at radius 3 is 3.20 bits per heavy atom. The van der Waals surface area contributed by atoms with Crippen LogP contribution in [0.15, 0.2) is 10.7 Å². The van der Waals surface area contributed by atoms with Gasteiger partial charge in [0, 0.05) is 0 Å². The van der Waals surface area contributed by atoms with Crippen molar-refractivity contribution >= 4 is 5.97 Å². The standard InChI is InChI=1S/C7H7N5O3/c1-14-6(13)2-5-9-7(11-15-5)4-3-8-12-10-4/h3H,2H2,1H3,(H,8,10,12). The first kappa shape index (κ1) is 9.31. The molecule has 2 heterocycles. The lowest BCUT2D eigenvalue weighted by Crippen LogP contribution is -2.04. The molecule has 0 aromatic carbocycles. The topological polar surface area (TPSA) is 107 Å². The molecule has 0 unspecified atom stereocenters. The predicted molar refractivity (Wildman–Crippen MR) is 45.4 cm³/mol. The first-order chi connectivity index (χ1) is 7.29. The Hall–Kier alpha value is -2.25. The minimum absolute atomic E-state index is 0.0542. The molecule has 1 N–H and O–H groups in total. The van der Waals surface area contributed by atoms with Crippen LogP contribution in [0.1, 0.15) is 5.89 Å². The SMILES string of the molecule is COC(=O)Cc1nc(-c2cn[nH]n2)no1. The summed E-state index contributed by atoms with van der Waals surface area (Å²) in [6.07, 6.45) is 1.40. The van der Waals surface area contributed by atoms with Crippen molar-refractivity contribution in [3.8, 4) is 11.5 Å². The summed E-state index contributed by atoms with van der Waals surface area (Å²) >= 11 is 0. The Kier molecular flexibility index (Phi) is 2.40. The Morgan fingerprint density at radius 2 is 2.53 bits per heavy atom. The monoisotopic (exact) mass is 209 g/mol. The molecular weight excluding hydrogens is 202 g/mol. The highest BCUT2D eigenvalue weighted by Gasteiger charge is 2.13. The van der Waals surface area contributed by atoms with Crippen molar-refractivity contribution in [2.45, 2.75) is 6.42 Å². The third kappa shape index (κ3) is 1.98. The van der Waals surface area contributed by atoms with Gasteiger partial charge in [-0.15, -0.1) is 0 Å². The first-order valence-corrected chi connectivity index (χ1v) is 4.05. The van der Waals surface area contributed by atoms with Crippen LogP contribution in [0.5, 0.6) is 0 Å². The van der Waals surface area contributed by atoms with Gasteiger partial charge in [0.2, 0.25) is 11.7 Å². The highest BCUT2D eigenvalue weighted by Crippen LogP contribution is 2.10. The average molecular weight is 209 g/mol. The van der Waals surface area contributed by atoms with Crippen LogP contribution in [-0.2, 0) is 16.0 Å². The number of hydrogen-bond acceptors (Lipinski definition) is 7. The van der Waals surface area contributed by atoms with Crippen LogP contribution in [0.4, 0.5) is 0 Å². The number of esters is 1. The van der Waals surface area contributed by atoms with E-state index in [9.17, 15) is 4.79 Å². The first-order valence-electron chi connectivity index (χ1n) is 4.05. The molecular formula is C7H7N5O3. The van der Waals surface area contributed by atoms with Gasteiger partial charge >= 0.3 is 5.97 Å². The maximum absolute atomic E-state index is 10.9. The van der Waals surface area contributed by atoms with E-state index in [1.54, 1.807) is 0 Å². The minimum Gasteiger partial charge on any atom is -0.469 e. The highest BCUT2D eigenvalue weighted by molar-refractivity contribution is 5.71. The number of nitrogens with one attached hydrogen (secondary N) is 1. The van der Waals surface area contributed by atoms with Crippen LogP contribution in [0.25, 0.3) is 11.5 Å². The number of carbonyl (C=O) groups excluding carboxylic acids is 1. The second kappa shape index (κ2) is 3.86. The molecule has 0 radical (unpaired) electrons. The van der Waals surface area contributed by atoms with E-state index in [1.165, 1.54) is 13.3 Å². The Balaban J connectivity index is 2.14. The molecule has 0 aliphatic heterocycles. The van der Waals surface area contributed by atoms with Crippen molar-refractivity contribution < 1.29 is 14.1 Å². The molecule has 0 bridgehead atoms. The molecule has 0 saturated carbocycles. The molecule has 2 aromatic heterocycles. The lowest BCUT2D eigenvalue weighted by Gasteiger charge is -1.91. The predicted octanol–water partition coefficient (Wildman–Crippen LogP) is -0.430. The molecule has 0 aliphatic carbocycles. The minimum atomic E-state index is -0.439. The number of aromatic amines is 1. The molecule has 2 aromatic rings. The van der Waals surface area contributed by atoms with Crippen LogP contribution < -0.4 is 0 Å². The van der Waals surface area contributed by atoms with Crippen molar-refractivity contribution in [1.82, 2.24) is 25.6 Å². The van der Waals surface area contributed by atoms with Crippen molar-refractivity contribution in [1.29, 1.82) is 0 Å². The van der Waals surface area contributed by atoms with Crippen LogP contribution in [0.3, 0.4) is 0 Å². The zero-order valence-electron chi connectivity index (χ0n) is 7.80. The van der Waals surface area contributed by atoms with Crippen LogP contribution in [0, 0.1) is 0 Å². The van der Waals surface area contributed by atoms with Crippen molar-refractivity contribution in [3.05, 3.63) is 12.1 Å². The second-order valence-electron chi connectivity index (χ2n) is 2.62. The van der Waals surface area contributed by atoms with Gasteiger partial charge in [0.05, 0.1) is 13.3 Å². The summed E-state index contributed by atoms with van der Waals surface area (Å²) in [6.45, 7) is 0. The number of methoxy groups -OCH3 is 1. The van der Waals surface area contributed by atoms with E-state index in [-0.39, 0.29) is 18.1 Å².